The molecule has 4 heteroatoms. The van der Waals surface area contributed by atoms with Crippen LogP contribution in [0.3, 0.4) is 0 Å². The molecule has 1 aromatic heterocycles. The normalized spacial score (nSPS) is 16.1. The maximum atomic E-state index is 5.27. The van der Waals surface area contributed by atoms with Crippen LogP contribution in [-0.2, 0) is 0 Å². The predicted molar refractivity (Wildman–Crippen MR) is 57.9 cm³/mol. The van der Waals surface area contributed by atoms with Crippen molar-refractivity contribution >= 4 is 11.5 Å². The van der Waals surface area contributed by atoms with E-state index in [1.54, 1.807) is 6.20 Å². The van der Waals surface area contributed by atoms with Crippen molar-refractivity contribution in [3.8, 4) is 0 Å². The summed E-state index contributed by atoms with van der Waals surface area (Å²) in [5.74, 6) is 6.83. The summed E-state index contributed by atoms with van der Waals surface area (Å²) >= 11 is 0. The van der Waals surface area contributed by atoms with Gasteiger partial charge in [0.1, 0.15) is 5.82 Å². The number of nitrogens with one attached hydrogen (secondary N) is 2. The van der Waals surface area contributed by atoms with Crippen molar-refractivity contribution in [2.45, 2.75) is 19.3 Å². The molecule has 1 aromatic rings. The zero-order valence-electron chi connectivity index (χ0n) is 8.16. The van der Waals surface area contributed by atoms with Crippen molar-refractivity contribution in [2.75, 3.05) is 17.3 Å². The van der Waals surface area contributed by atoms with Gasteiger partial charge < -0.3 is 10.7 Å². The first kappa shape index (κ1) is 9.27. The highest BCUT2D eigenvalue weighted by molar-refractivity contribution is 5.51. The monoisotopic (exact) mass is 192 g/mol. The van der Waals surface area contributed by atoms with Crippen LogP contribution in [-0.4, -0.2) is 11.5 Å². The van der Waals surface area contributed by atoms with Crippen molar-refractivity contribution in [1.29, 1.82) is 0 Å². The van der Waals surface area contributed by atoms with Gasteiger partial charge in [-0.15, -0.1) is 0 Å². The van der Waals surface area contributed by atoms with Gasteiger partial charge in [-0.1, -0.05) is 6.42 Å². The molecule has 0 amide bonds. The van der Waals surface area contributed by atoms with Gasteiger partial charge in [-0.2, -0.15) is 0 Å². The maximum absolute atomic E-state index is 5.27. The van der Waals surface area contributed by atoms with Gasteiger partial charge in [0.05, 0.1) is 0 Å². The SMILES string of the molecule is NNc1cc(NCC2CCC2)ccn1. The average molecular weight is 192 g/mol. The molecular weight excluding hydrogens is 176 g/mol. The van der Waals surface area contributed by atoms with E-state index in [4.69, 9.17) is 5.84 Å². The lowest BCUT2D eigenvalue weighted by Gasteiger charge is -2.25. The number of nitrogens with zero attached hydrogens (tertiary/aromatic N) is 1. The highest BCUT2D eigenvalue weighted by Gasteiger charge is 2.16. The molecule has 1 saturated carbocycles. The summed E-state index contributed by atoms with van der Waals surface area (Å²) in [6, 6.07) is 3.87. The highest BCUT2D eigenvalue weighted by atomic mass is 15.2. The fraction of sp³-hybridized carbons (Fsp3) is 0.500. The molecule has 0 aromatic carbocycles. The van der Waals surface area contributed by atoms with Gasteiger partial charge >= 0.3 is 0 Å². The number of hydrazine groups is 1. The summed E-state index contributed by atoms with van der Waals surface area (Å²) in [5, 5.41) is 3.39. The fourth-order valence-corrected chi connectivity index (χ4v) is 1.58. The summed E-state index contributed by atoms with van der Waals surface area (Å²) in [4.78, 5) is 4.04. The number of anilines is 2. The molecule has 1 fully saturated rings. The largest absolute Gasteiger partial charge is 0.385 e. The fourth-order valence-electron chi connectivity index (χ4n) is 1.58. The lowest BCUT2D eigenvalue weighted by atomic mass is 9.85. The van der Waals surface area contributed by atoms with Crippen LogP contribution in [0.15, 0.2) is 18.3 Å². The number of nitrogen functional groups attached to an aromatic ring is 1. The molecule has 1 aliphatic rings. The van der Waals surface area contributed by atoms with Crippen molar-refractivity contribution < 1.29 is 0 Å². The first-order chi connectivity index (χ1) is 6.88. The van der Waals surface area contributed by atoms with Gasteiger partial charge in [0.25, 0.3) is 0 Å². The Balaban J connectivity index is 1.87. The van der Waals surface area contributed by atoms with Gasteiger partial charge in [-0.3, -0.25) is 0 Å². The molecule has 0 bridgehead atoms. The summed E-state index contributed by atoms with van der Waals surface area (Å²) in [5.41, 5.74) is 3.62. The molecule has 0 atom stereocenters. The second-order valence-corrected chi connectivity index (χ2v) is 3.75. The van der Waals surface area contributed by atoms with Gasteiger partial charge in [0.2, 0.25) is 0 Å². The zero-order valence-corrected chi connectivity index (χ0v) is 8.16. The van der Waals surface area contributed by atoms with Gasteiger partial charge in [0.15, 0.2) is 0 Å². The van der Waals surface area contributed by atoms with E-state index in [1.807, 2.05) is 12.1 Å². The predicted octanol–water partition coefficient (Wildman–Crippen LogP) is 1.58. The van der Waals surface area contributed by atoms with E-state index < -0.39 is 0 Å². The molecule has 0 radical (unpaired) electrons. The molecular formula is C10H16N4. The first-order valence-corrected chi connectivity index (χ1v) is 5.05. The van der Waals surface area contributed by atoms with Gasteiger partial charge in [-0.25, -0.2) is 10.8 Å². The molecule has 0 spiro atoms. The first-order valence-electron chi connectivity index (χ1n) is 5.05. The Hall–Kier alpha value is -1.29. The van der Waals surface area contributed by atoms with E-state index in [0.717, 1.165) is 18.2 Å². The minimum atomic E-state index is 0.698. The molecule has 0 unspecified atom stereocenters. The van der Waals surface area contributed by atoms with Gasteiger partial charge in [-0.05, 0) is 24.8 Å². The Morgan fingerprint density at radius 3 is 3.00 bits per heavy atom. The van der Waals surface area contributed by atoms with Crippen LogP contribution < -0.4 is 16.6 Å². The Bertz CT molecular complexity index is 296. The number of hydrogen-bond acceptors (Lipinski definition) is 4. The Morgan fingerprint density at radius 1 is 1.50 bits per heavy atom. The van der Waals surface area contributed by atoms with Crippen LogP contribution in [0, 0.1) is 5.92 Å². The molecule has 14 heavy (non-hydrogen) atoms. The number of rotatable bonds is 4. The minimum Gasteiger partial charge on any atom is -0.385 e. The number of aromatic nitrogens is 1. The van der Waals surface area contributed by atoms with E-state index in [-0.39, 0.29) is 0 Å². The third-order valence-corrected chi connectivity index (χ3v) is 2.73. The summed E-state index contributed by atoms with van der Waals surface area (Å²) in [6.45, 7) is 1.06. The third kappa shape index (κ3) is 2.14. The van der Waals surface area contributed by atoms with E-state index in [1.165, 1.54) is 19.3 Å². The quantitative estimate of drug-likeness (QED) is 0.500. The summed E-state index contributed by atoms with van der Waals surface area (Å²) in [7, 11) is 0. The van der Waals surface area contributed by atoms with Crippen LogP contribution in [0.1, 0.15) is 19.3 Å². The average Bonchev–Trinajstić information content (AvgIpc) is 2.16. The summed E-state index contributed by atoms with van der Waals surface area (Å²) in [6.07, 6.45) is 5.86. The van der Waals surface area contributed by atoms with Crippen LogP contribution in [0.4, 0.5) is 11.5 Å². The Kier molecular flexibility index (Phi) is 2.84. The second kappa shape index (κ2) is 4.28. The minimum absolute atomic E-state index is 0.698. The molecule has 2 rings (SSSR count). The van der Waals surface area contributed by atoms with Crippen molar-refractivity contribution in [3.05, 3.63) is 18.3 Å². The van der Waals surface area contributed by atoms with E-state index in [9.17, 15) is 0 Å². The van der Waals surface area contributed by atoms with Crippen LogP contribution in [0.25, 0.3) is 0 Å². The standard InChI is InChI=1S/C10H16N4/c11-14-10-6-9(4-5-12-10)13-7-8-2-1-3-8/h4-6,8H,1-3,7,11H2,(H2,12,13,14). The maximum Gasteiger partial charge on any atom is 0.141 e. The molecule has 0 aliphatic heterocycles. The van der Waals surface area contributed by atoms with Crippen LogP contribution in [0.2, 0.25) is 0 Å². The number of pyridine rings is 1. The topological polar surface area (TPSA) is 63.0 Å². The molecule has 1 aliphatic carbocycles. The van der Waals surface area contributed by atoms with Crippen LogP contribution >= 0.6 is 0 Å². The lowest BCUT2D eigenvalue weighted by molar-refractivity contribution is 0.333. The van der Waals surface area contributed by atoms with E-state index >= 15 is 0 Å². The second-order valence-electron chi connectivity index (χ2n) is 3.75. The lowest BCUT2D eigenvalue weighted by Crippen LogP contribution is -2.21. The van der Waals surface area contributed by atoms with Crippen molar-refractivity contribution in [3.63, 3.8) is 0 Å². The van der Waals surface area contributed by atoms with Gasteiger partial charge in [0, 0.05) is 24.5 Å². The smallest absolute Gasteiger partial charge is 0.141 e. The van der Waals surface area contributed by atoms with Crippen LogP contribution in [0.5, 0.6) is 0 Å². The third-order valence-electron chi connectivity index (χ3n) is 2.73. The van der Waals surface area contributed by atoms with Crippen molar-refractivity contribution in [1.82, 2.24) is 4.98 Å². The highest BCUT2D eigenvalue weighted by Crippen LogP contribution is 2.26. The number of hydrogen-bond donors (Lipinski definition) is 3. The summed E-state index contributed by atoms with van der Waals surface area (Å²) < 4.78 is 0. The van der Waals surface area contributed by atoms with E-state index in [2.05, 4.69) is 15.7 Å². The zero-order chi connectivity index (χ0) is 9.80. The Labute approximate surface area is 83.9 Å². The number of nitrogens with two attached hydrogens (primary N) is 1. The molecule has 0 saturated heterocycles. The molecule has 4 nitrogen and oxygen atoms in total. The molecule has 4 N–H and O–H groups in total. The van der Waals surface area contributed by atoms with Crippen molar-refractivity contribution in [2.24, 2.45) is 11.8 Å². The van der Waals surface area contributed by atoms with E-state index in [0.29, 0.717) is 5.82 Å². The molecule has 76 valence electrons. The molecule has 1 heterocycles. The Morgan fingerprint density at radius 2 is 2.36 bits per heavy atom.